The first-order chi connectivity index (χ1) is 9.36. The normalized spacial score (nSPS) is 11.3. The van der Waals surface area contributed by atoms with Crippen molar-refractivity contribution in [1.82, 2.24) is 4.90 Å². The van der Waals surface area contributed by atoms with Crippen LogP contribution in [0.15, 0.2) is 29.2 Å². The van der Waals surface area contributed by atoms with E-state index < -0.39 is 9.84 Å². The summed E-state index contributed by atoms with van der Waals surface area (Å²) in [4.78, 5) is 13.7. The highest BCUT2D eigenvalue weighted by Crippen LogP contribution is 2.13. The molecule has 1 amide bonds. The summed E-state index contributed by atoms with van der Waals surface area (Å²) in [6, 6.07) is 6.72. The Morgan fingerprint density at radius 2 is 1.80 bits per heavy atom. The van der Waals surface area contributed by atoms with Gasteiger partial charge in [-0.1, -0.05) is 31.0 Å². The number of carbonyl (C=O) groups excluding carboxylic acids is 1. The number of aryl methyl sites for hydroxylation is 1. The molecule has 112 valence electrons. The minimum atomic E-state index is -3.37. The van der Waals surface area contributed by atoms with Crippen LogP contribution < -0.4 is 0 Å². The Morgan fingerprint density at radius 1 is 1.20 bits per heavy atom. The van der Waals surface area contributed by atoms with Crippen LogP contribution in [0.3, 0.4) is 0 Å². The third kappa shape index (κ3) is 4.96. The van der Waals surface area contributed by atoms with Gasteiger partial charge in [0, 0.05) is 20.0 Å². The molecule has 0 aliphatic carbocycles. The zero-order valence-corrected chi connectivity index (χ0v) is 13.2. The second-order valence-electron chi connectivity index (χ2n) is 5.05. The molecule has 0 fully saturated rings. The van der Waals surface area contributed by atoms with Crippen LogP contribution in [-0.2, 0) is 14.6 Å². The maximum absolute atomic E-state index is 12.1. The number of hydrogen-bond acceptors (Lipinski definition) is 3. The van der Waals surface area contributed by atoms with E-state index in [1.54, 1.807) is 36.2 Å². The molecule has 0 aliphatic heterocycles. The van der Waals surface area contributed by atoms with Crippen LogP contribution in [-0.4, -0.2) is 38.6 Å². The second-order valence-corrected chi connectivity index (χ2v) is 7.16. The van der Waals surface area contributed by atoms with Crippen molar-refractivity contribution in [3.05, 3.63) is 29.8 Å². The van der Waals surface area contributed by atoms with Crippen LogP contribution in [0.1, 0.15) is 31.7 Å². The molecule has 0 aromatic heterocycles. The first-order valence-electron chi connectivity index (χ1n) is 6.90. The Labute approximate surface area is 121 Å². The van der Waals surface area contributed by atoms with E-state index in [1.807, 2.05) is 6.92 Å². The summed E-state index contributed by atoms with van der Waals surface area (Å²) in [7, 11) is -1.65. The lowest BCUT2D eigenvalue weighted by Crippen LogP contribution is -2.29. The summed E-state index contributed by atoms with van der Waals surface area (Å²) in [6.07, 6.45) is 1.99. The highest BCUT2D eigenvalue weighted by Gasteiger charge is 2.17. The van der Waals surface area contributed by atoms with Crippen LogP contribution in [0.5, 0.6) is 0 Å². The highest BCUT2D eigenvalue weighted by molar-refractivity contribution is 7.91. The predicted molar refractivity (Wildman–Crippen MR) is 80.4 cm³/mol. The van der Waals surface area contributed by atoms with Crippen molar-refractivity contribution in [3.63, 3.8) is 0 Å². The zero-order valence-electron chi connectivity index (χ0n) is 12.4. The quantitative estimate of drug-likeness (QED) is 0.776. The first kappa shape index (κ1) is 16.7. The summed E-state index contributed by atoms with van der Waals surface area (Å²) >= 11 is 0. The van der Waals surface area contributed by atoms with Gasteiger partial charge in [0.2, 0.25) is 5.91 Å². The van der Waals surface area contributed by atoms with Crippen LogP contribution >= 0.6 is 0 Å². The lowest BCUT2D eigenvalue weighted by atomic mass is 10.2. The minimum Gasteiger partial charge on any atom is -0.346 e. The van der Waals surface area contributed by atoms with E-state index in [1.165, 1.54) is 0 Å². The lowest BCUT2D eigenvalue weighted by Gasteiger charge is -2.16. The fourth-order valence-corrected chi connectivity index (χ4v) is 3.03. The van der Waals surface area contributed by atoms with Gasteiger partial charge in [-0.3, -0.25) is 4.79 Å². The summed E-state index contributed by atoms with van der Waals surface area (Å²) in [5.41, 5.74) is 1.01. The van der Waals surface area contributed by atoms with E-state index in [0.29, 0.717) is 6.54 Å². The molecule has 1 aromatic rings. The van der Waals surface area contributed by atoms with E-state index in [2.05, 4.69) is 6.92 Å². The molecule has 0 unspecified atom stereocenters. The number of rotatable bonds is 7. The summed E-state index contributed by atoms with van der Waals surface area (Å²) in [5.74, 6) is -0.250. The van der Waals surface area contributed by atoms with Crippen LogP contribution in [0.2, 0.25) is 0 Å². The molecule has 20 heavy (non-hydrogen) atoms. The summed E-state index contributed by atoms with van der Waals surface area (Å²) in [6.45, 7) is 4.64. The van der Waals surface area contributed by atoms with Crippen LogP contribution in [0.25, 0.3) is 0 Å². The van der Waals surface area contributed by atoms with Gasteiger partial charge in [0.25, 0.3) is 0 Å². The zero-order chi connectivity index (χ0) is 15.2. The van der Waals surface area contributed by atoms with Gasteiger partial charge in [-0.25, -0.2) is 8.42 Å². The van der Waals surface area contributed by atoms with Crippen LogP contribution in [0, 0.1) is 6.92 Å². The number of unbranched alkanes of at least 4 members (excludes halogenated alkanes) is 1. The van der Waals surface area contributed by atoms with Crippen molar-refractivity contribution in [2.45, 2.75) is 38.0 Å². The number of sulfone groups is 1. The molecule has 1 aromatic carbocycles. The standard InChI is InChI=1S/C15H23NO3S/c1-4-5-11-16(3)15(17)10-12-20(18,19)14-8-6-13(2)7-9-14/h6-9H,4-5,10-12H2,1-3H3. The van der Waals surface area contributed by atoms with Crippen LogP contribution in [0.4, 0.5) is 0 Å². The van der Waals surface area contributed by atoms with Gasteiger partial charge in [0.05, 0.1) is 10.6 Å². The number of carbonyl (C=O) groups is 1. The van der Waals surface area contributed by atoms with Gasteiger partial charge in [-0.15, -0.1) is 0 Å². The fraction of sp³-hybridized carbons (Fsp3) is 0.533. The average Bonchev–Trinajstić information content (AvgIpc) is 2.42. The average molecular weight is 297 g/mol. The molecule has 0 heterocycles. The Bertz CT molecular complexity index is 535. The van der Waals surface area contributed by atoms with E-state index in [-0.39, 0.29) is 23.0 Å². The molecule has 0 spiro atoms. The highest BCUT2D eigenvalue weighted by atomic mass is 32.2. The van der Waals surface area contributed by atoms with Crippen molar-refractivity contribution in [3.8, 4) is 0 Å². The summed E-state index contributed by atoms with van der Waals surface area (Å²) < 4.78 is 24.2. The predicted octanol–water partition coefficient (Wildman–Crippen LogP) is 2.42. The molecular weight excluding hydrogens is 274 g/mol. The molecule has 1 rings (SSSR count). The van der Waals surface area contributed by atoms with E-state index in [0.717, 1.165) is 18.4 Å². The Kier molecular flexibility index (Phi) is 6.20. The molecule has 0 saturated heterocycles. The molecule has 0 aliphatic rings. The molecule has 0 bridgehead atoms. The number of benzene rings is 1. The summed E-state index contributed by atoms with van der Waals surface area (Å²) in [5, 5.41) is 0. The topological polar surface area (TPSA) is 54.5 Å². The van der Waals surface area contributed by atoms with Gasteiger partial charge >= 0.3 is 0 Å². The van der Waals surface area contributed by atoms with Crippen molar-refractivity contribution in [2.24, 2.45) is 0 Å². The third-order valence-corrected chi connectivity index (χ3v) is 4.97. The third-order valence-electron chi connectivity index (χ3n) is 3.24. The van der Waals surface area contributed by atoms with Gasteiger partial charge in [0.1, 0.15) is 0 Å². The molecule has 0 atom stereocenters. The second kappa shape index (κ2) is 7.43. The lowest BCUT2D eigenvalue weighted by molar-refractivity contribution is -0.129. The van der Waals surface area contributed by atoms with Gasteiger partial charge in [0.15, 0.2) is 9.84 Å². The molecule has 0 radical (unpaired) electrons. The largest absolute Gasteiger partial charge is 0.346 e. The molecule has 4 nitrogen and oxygen atoms in total. The maximum atomic E-state index is 12.1. The monoisotopic (exact) mass is 297 g/mol. The smallest absolute Gasteiger partial charge is 0.223 e. The van der Waals surface area contributed by atoms with Gasteiger partial charge in [-0.05, 0) is 25.5 Å². The fourth-order valence-electron chi connectivity index (χ4n) is 1.80. The molecule has 5 heteroatoms. The van der Waals surface area contributed by atoms with Gasteiger partial charge in [-0.2, -0.15) is 0 Å². The van der Waals surface area contributed by atoms with E-state index in [9.17, 15) is 13.2 Å². The van der Waals surface area contributed by atoms with Gasteiger partial charge < -0.3 is 4.90 Å². The Balaban J connectivity index is 2.59. The van der Waals surface area contributed by atoms with E-state index in [4.69, 9.17) is 0 Å². The van der Waals surface area contributed by atoms with Crippen molar-refractivity contribution >= 4 is 15.7 Å². The molecule has 0 saturated carbocycles. The Hall–Kier alpha value is -1.36. The van der Waals surface area contributed by atoms with Crippen molar-refractivity contribution in [2.75, 3.05) is 19.3 Å². The molecule has 0 N–H and O–H groups in total. The van der Waals surface area contributed by atoms with Crippen molar-refractivity contribution in [1.29, 1.82) is 0 Å². The number of nitrogens with zero attached hydrogens (tertiary/aromatic N) is 1. The molecular formula is C15H23NO3S. The maximum Gasteiger partial charge on any atom is 0.223 e. The Morgan fingerprint density at radius 3 is 2.35 bits per heavy atom. The van der Waals surface area contributed by atoms with E-state index >= 15 is 0 Å². The SMILES string of the molecule is CCCCN(C)C(=O)CCS(=O)(=O)c1ccc(C)cc1. The number of amides is 1. The van der Waals surface area contributed by atoms with Crippen molar-refractivity contribution < 1.29 is 13.2 Å². The first-order valence-corrected chi connectivity index (χ1v) is 8.55. The number of hydrogen-bond donors (Lipinski definition) is 0. The minimum absolute atomic E-state index is 0.0381.